The van der Waals surface area contributed by atoms with Gasteiger partial charge in [0.15, 0.2) is 0 Å². The molecule has 0 radical (unpaired) electrons. The monoisotopic (exact) mass is 345 g/mol. The van der Waals surface area contributed by atoms with Gasteiger partial charge in [0.1, 0.15) is 17.5 Å². The molecule has 1 heterocycles. The first-order valence-electron chi connectivity index (χ1n) is 9.21. The highest BCUT2D eigenvalue weighted by molar-refractivity contribution is 5.99. The predicted octanol–water partition coefficient (Wildman–Crippen LogP) is 2.57. The fourth-order valence-corrected chi connectivity index (χ4v) is 4.01. The molecule has 2 unspecified atom stereocenters. The van der Waals surface area contributed by atoms with Crippen molar-refractivity contribution in [1.29, 1.82) is 0 Å². The van der Waals surface area contributed by atoms with Crippen LogP contribution in [0, 0.1) is 5.92 Å². The van der Waals surface area contributed by atoms with Gasteiger partial charge in [-0.2, -0.15) is 0 Å². The number of hydrogen-bond acceptors (Lipinski definition) is 5. The summed E-state index contributed by atoms with van der Waals surface area (Å²) in [5.74, 6) is 0.337. The third kappa shape index (κ3) is 4.03. The second kappa shape index (κ2) is 8.00. The number of piperidine rings is 1. The average Bonchev–Trinajstić information content (AvgIpc) is 2.63. The quantitative estimate of drug-likeness (QED) is 0.606. The lowest BCUT2D eigenvalue weighted by Gasteiger charge is -2.35. The highest BCUT2D eigenvalue weighted by Crippen LogP contribution is 2.35. The van der Waals surface area contributed by atoms with Crippen molar-refractivity contribution in [3.05, 3.63) is 29.3 Å². The standard InChI is InChI=1S/C20H27NO4/c1-3-25-20(23)18-13-21(10-9-19(18)22)12-15-6-4-5-14-7-8-16(24-2)11-17(14)15/h7-8,11,15,18H,3-6,9-10,12-13H2,1-2H3. The number of esters is 1. The van der Waals surface area contributed by atoms with Crippen molar-refractivity contribution < 1.29 is 19.1 Å². The number of rotatable bonds is 5. The number of hydrogen-bond donors (Lipinski definition) is 0. The third-order valence-electron chi connectivity index (χ3n) is 5.35. The molecule has 0 bridgehead atoms. The Hall–Kier alpha value is -1.88. The summed E-state index contributed by atoms with van der Waals surface area (Å²) in [7, 11) is 1.69. The zero-order valence-electron chi connectivity index (χ0n) is 15.1. The van der Waals surface area contributed by atoms with Gasteiger partial charge < -0.3 is 14.4 Å². The van der Waals surface area contributed by atoms with Crippen molar-refractivity contribution in [3.63, 3.8) is 0 Å². The third-order valence-corrected chi connectivity index (χ3v) is 5.35. The molecule has 1 fully saturated rings. The molecule has 1 aromatic rings. The molecule has 1 aliphatic carbocycles. The van der Waals surface area contributed by atoms with Crippen molar-refractivity contribution in [2.75, 3.05) is 33.4 Å². The van der Waals surface area contributed by atoms with Crippen LogP contribution < -0.4 is 4.74 Å². The van der Waals surface area contributed by atoms with Gasteiger partial charge in [0.25, 0.3) is 0 Å². The van der Waals surface area contributed by atoms with Gasteiger partial charge in [0, 0.05) is 26.1 Å². The number of aryl methyl sites for hydroxylation is 1. The first-order chi connectivity index (χ1) is 12.1. The minimum atomic E-state index is -0.623. The lowest BCUT2D eigenvalue weighted by Crippen LogP contribution is -2.46. The van der Waals surface area contributed by atoms with Crippen LogP contribution in [-0.2, 0) is 20.7 Å². The zero-order chi connectivity index (χ0) is 17.8. The van der Waals surface area contributed by atoms with Crippen molar-refractivity contribution in [1.82, 2.24) is 4.90 Å². The summed E-state index contributed by atoms with van der Waals surface area (Å²) in [6, 6.07) is 6.34. The van der Waals surface area contributed by atoms with E-state index in [9.17, 15) is 9.59 Å². The zero-order valence-corrected chi connectivity index (χ0v) is 15.1. The number of likely N-dealkylation sites (tertiary alicyclic amines) is 1. The van der Waals surface area contributed by atoms with Crippen molar-refractivity contribution in [2.45, 2.75) is 38.5 Å². The summed E-state index contributed by atoms with van der Waals surface area (Å²) < 4.78 is 10.5. The fraction of sp³-hybridized carbons (Fsp3) is 0.600. The van der Waals surface area contributed by atoms with Gasteiger partial charge in [0.2, 0.25) is 0 Å². The number of ketones is 1. The smallest absolute Gasteiger partial charge is 0.317 e. The van der Waals surface area contributed by atoms with Crippen LogP contribution in [-0.4, -0.2) is 50.0 Å². The van der Waals surface area contributed by atoms with Crippen LogP contribution in [0.2, 0.25) is 0 Å². The molecule has 0 aromatic heterocycles. The number of ether oxygens (including phenoxy) is 2. The molecule has 5 nitrogen and oxygen atoms in total. The Bertz CT molecular complexity index is 643. The van der Waals surface area contributed by atoms with Gasteiger partial charge in [-0.1, -0.05) is 6.07 Å². The lowest BCUT2D eigenvalue weighted by atomic mass is 9.82. The average molecular weight is 345 g/mol. The first-order valence-corrected chi connectivity index (χ1v) is 9.21. The molecule has 136 valence electrons. The van der Waals surface area contributed by atoms with E-state index in [-0.39, 0.29) is 11.8 Å². The Morgan fingerprint density at radius 3 is 2.92 bits per heavy atom. The van der Waals surface area contributed by atoms with E-state index in [4.69, 9.17) is 9.47 Å². The molecule has 0 amide bonds. The van der Waals surface area contributed by atoms with E-state index in [0.29, 0.717) is 25.5 Å². The number of Topliss-reactive ketones (excluding diaryl/α,β-unsaturated/α-hetero) is 1. The lowest BCUT2D eigenvalue weighted by molar-refractivity contribution is -0.154. The van der Waals surface area contributed by atoms with E-state index >= 15 is 0 Å². The summed E-state index contributed by atoms with van der Waals surface area (Å²) in [5.41, 5.74) is 2.75. The van der Waals surface area contributed by atoms with E-state index in [2.05, 4.69) is 17.0 Å². The summed E-state index contributed by atoms with van der Waals surface area (Å²) >= 11 is 0. The number of fused-ring (bicyclic) bond motifs is 1. The van der Waals surface area contributed by atoms with E-state index in [1.54, 1.807) is 14.0 Å². The minimum Gasteiger partial charge on any atom is -0.497 e. The number of carbonyl (C=O) groups is 2. The van der Waals surface area contributed by atoms with Crippen LogP contribution in [0.25, 0.3) is 0 Å². The second-order valence-electron chi connectivity index (χ2n) is 6.93. The molecule has 0 N–H and O–H groups in total. The molecule has 1 saturated heterocycles. The maximum Gasteiger partial charge on any atom is 0.317 e. The Morgan fingerprint density at radius 2 is 2.16 bits per heavy atom. The number of methoxy groups -OCH3 is 1. The molecule has 3 rings (SSSR count). The predicted molar refractivity (Wildman–Crippen MR) is 94.9 cm³/mol. The second-order valence-corrected chi connectivity index (χ2v) is 6.93. The number of carbonyl (C=O) groups excluding carboxylic acids is 2. The Balaban J connectivity index is 1.71. The minimum absolute atomic E-state index is 0.0143. The molecule has 25 heavy (non-hydrogen) atoms. The molecule has 2 atom stereocenters. The van der Waals surface area contributed by atoms with Gasteiger partial charge in [-0.3, -0.25) is 9.59 Å². The maximum atomic E-state index is 12.1. The van der Waals surface area contributed by atoms with Crippen LogP contribution in [0.4, 0.5) is 0 Å². The summed E-state index contributed by atoms with van der Waals surface area (Å²) in [5, 5.41) is 0. The SMILES string of the molecule is CCOC(=O)C1CN(CC2CCCc3ccc(OC)cc32)CCC1=O. The van der Waals surface area contributed by atoms with Gasteiger partial charge in [0.05, 0.1) is 13.7 Å². The van der Waals surface area contributed by atoms with E-state index in [1.165, 1.54) is 17.5 Å². The maximum absolute atomic E-state index is 12.1. The summed E-state index contributed by atoms with van der Waals surface area (Å²) in [4.78, 5) is 26.4. The van der Waals surface area contributed by atoms with E-state index < -0.39 is 5.92 Å². The van der Waals surface area contributed by atoms with Gasteiger partial charge in [-0.15, -0.1) is 0 Å². The highest BCUT2D eigenvalue weighted by atomic mass is 16.5. The van der Waals surface area contributed by atoms with Gasteiger partial charge in [-0.05, 0) is 55.4 Å². The van der Waals surface area contributed by atoms with Gasteiger partial charge >= 0.3 is 5.97 Å². The summed E-state index contributed by atoms with van der Waals surface area (Å²) in [6.07, 6.45) is 3.85. The molecular formula is C20H27NO4. The molecule has 2 aliphatic rings. The number of benzene rings is 1. The van der Waals surface area contributed by atoms with E-state index in [1.807, 2.05) is 6.07 Å². The molecule has 0 saturated carbocycles. The Kier molecular flexibility index (Phi) is 5.74. The summed E-state index contributed by atoms with van der Waals surface area (Å²) in [6.45, 7) is 4.18. The van der Waals surface area contributed by atoms with Crippen LogP contribution in [0.3, 0.4) is 0 Å². The molecule has 1 aromatic carbocycles. The molecular weight excluding hydrogens is 318 g/mol. The van der Waals surface area contributed by atoms with Crippen molar-refractivity contribution in [2.24, 2.45) is 5.92 Å². The Morgan fingerprint density at radius 1 is 1.32 bits per heavy atom. The largest absolute Gasteiger partial charge is 0.497 e. The van der Waals surface area contributed by atoms with Crippen LogP contribution >= 0.6 is 0 Å². The first kappa shape index (κ1) is 17.9. The number of nitrogens with zero attached hydrogens (tertiary/aromatic N) is 1. The van der Waals surface area contributed by atoms with Crippen molar-refractivity contribution in [3.8, 4) is 5.75 Å². The molecule has 5 heteroatoms. The van der Waals surface area contributed by atoms with Gasteiger partial charge in [-0.25, -0.2) is 0 Å². The fourth-order valence-electron chi connectivity index (χ4n) is 4.01. The van der Waals surface area contributed by atoms with Crippen LogP contribution in [0.15, 0.2) is 18.2 Å². The molecule has 1 aliphatic heterocycles. The highest BCUT2D eigenvalue weighted by Gasteiger charge is 2.35. The van der Waals surface area contributed by atoms with Crippen molar-refractivity contribution >= 4 is 11.8 Å². The van der Waals surface area contributed by atoms with Crippen LogP contribution in [0.5, 0.6) is 5.75 Å². The topological polar surface area (TPSA) is 55.8 Å². The normalized spacial score (nSPS) is 23.8. The van der Waals surface area contributed by atoms with Crippen LogP contribution in [0.1, 0.15) is 43.2 Å². The van der Waals surface area contributed by atoms with E-state index in [0.717, 1.165) is 31.7 Å². The molecule has 0 spiro atoms. The Labute approximate surface area is 149 Å².